The molecule has 2 saturated carbocycles. The lowest BCUT2D eigenvalue weighted by Crippen LogP contribution is -2.35. The van der Waals surface area contributed by atoms with Crippen LogP contribution >= 0.6 is 15.9 Å². The van der Waals surface area contributed by atoms with Gasteiger partial charge in [-0.05, 0) is 18.3 Å². The quantitative estimate of drug-likeness (QED) is 0.543. The van der Waals surface area contributed by atoms with Gasteiger partial charge < -0.3 is 9.84 Å². The van der Waals surface area contributed by atoms with E-state index in [4.69, 9.17) is 4.74 Å². The molecule has 0 aromatic heterocycles. The lowest BCUT2D eigenvalue weighted by atomic mass is 9.80. The van der Waals surface area contributed by atoms with Gasteiger partial charge in [-0.15, -0.1) is 0 Å². The van der Waals surface area contributed by atoms with Crippen LogP contribution in [0.5, 0.6) is 0 Å². The zero-order valence-electron chi connectivity index (χ0n) is 7.02. The van der Waals surface area contributed by atoms with E-state index in [1.807, 2.05) is 0 Å². The summed E-state index contributed by atoms with van der Waals surface area (Å²) in [7, 11) is 0. The first-order valence-corrected chi connectivity index (χ1v) is 5.61. The Morgan fingerprint density at radius 2 is 2.31 bits per heavy atom. The number of halogens is 1. The van der Waals surface area contributed by atoms with Crippen LogP contribution in [0, 0.1) is 23.7 Å². The van der Waals surface area contributed by atoms with Gasteiger partial charge in [-0.2, -0.15) is 0 Å². The van der Waals surface area contributed by atoms with Crippen molar-refractivity contribution >= 4 is 21.9 Å². The largest absolute Gasteiger partial charge is 0.461 e. The first-order chi connectivity index (χ1) is 6.24. The first kappa shape index (κ1) is 8.24. The lowest BCUT2D eigenvalue weighted by Gasteiger charge is -2.26. The number of hydrogen-bond acceptors (Lipinski definition) is 3. The number of esters is 1. The van der Waals surface area contributed by atoms with Gasteiger partial charge in [0.25, 0.3) is 0 Å². The van der Waals surface area contributed by atoms with Gasteiger partial charge in [0.1, 0.15) is 6.10 Å². The van der Waals surface area contributed by atoms with Crippen LogP contribution in [0.3, 0.4) is 0 Å². The van der Waals surface area contributed by atoms with E-state index < -0.39 is 0 Å². The topological polar surface area (TPSA) is 46.5 Å². The summed E-state index contributed by atoms with van der Waals surface area (Å²) in [5.74, 6) is 0.864. The van der Waals surface area contributed by atoms with Gasteiger partial charge in [-0.25, -0.2) is 0 Å². The Morgan fingerprint density at radius 3 is 3.00 bits per heavy atom. The van der Waals surface area contributed by atoms with E-state index in [1.165, 1.54) is 0 Å². The minimum Gasteiger partial charge on any atom is -0.461 e. The molecule has 72 valence electrons. The second-order valence-corrected chi connectivity index (χ2v) is 5.34. The fourth-order valence-electron chi connectivity index (χ4n) is 3.37. The summed E-state index contributed by atoms with van der Waals surface area (Å²) < 4.78 is 5.29. The van der Waals surface area contributed by atoms with Crippen LogP contribution in [0.25, 0.3) is 0 Å². The van der Waals surface area contributed by atoms with Gasteiger partial charge in [0.15, 0.2) is 0 Å². The maximum atomic E-state index is 11.5. The van der Waals surface area contributed by atoms with E-state index >= 15 is 0 Å². The third-order valence-electron chi connectivity index (χ3n) is 3.90. The van der Waals surface area contributed by atoms with Crippen LogP contribution in [0.1, 0.15) is 6.42 Å². The zero-order chi connectivity index (χ0) is 9.16. The molecule has 3 aliphatic rings. The van der Waals surface area contributed by atoms with E-state index in [2.05, 4.69) is 15.9 Å². The number of hydrogen-bond donors (Lipinski definition) is 1. The number of aliphatic hydroxyl groups is 1. The maximum Gasteiger partial charge on any atom is 0.310 e. The molecule has 3 rings (SSSR count). The third-order valence-corrected chi connectivity index (χ3v) is 5.10. The summed E-state index contributed by atoms with van der Waals surface area (Å²) in [5.41, 5.74) is 0. The second kappa shape index (κ2) is 2.48. The highest BCUT2D eigenvalue weighted by molar-refractivity contribution is 9.09. The molecule has 0 spiro atoms. The third kappa shape index (κ3) is 0.814. The van der Waals surface area contributed by atoms with Gasteiger partial charge >= 0.3 is 5.97 Å². The van der Waals surface area contributed by atoms with Crippen molar-refractivity contribution in [3.63, 3.8) is 0 Å². The highest BCUT2D eigenvalue weighted by Crippen LogP contribution is 2.59. The van der Waals surface area contributed by atoms with Crippen LogP contribution in [-0.2, 0) is 9.53 Å². The summed E-state index contributed by atoms with van der Waals surface area (Å²) >= 11 is 3.57. The molecule has 3 fully saturated rings. The molecule has 3 nitrogen and oxygen atoms in total. The molecule has 1 saturated heterocycles. The van der Waals surface area contributed by atoms with Crippen molar-refractivity contribution in [3.8, 4) is 0 Å². The Kier molecular flexibility index (Phi) is 1.57. The minimum absolute atomic E-state index is 0.00574. The van der Waals surface area contributed by atoms with Crippen LogP contribution < -0.4 is 0 Å². The number of rotatable bonds is 1. The molecule has 0 radical (unpaired) electrons. The molecular weight excluding hydrogens is 236 g/mol. The predicted molar refractivity (Wildman–Crippen MR) is 48.3 cm³/mol. The van der Waals surface area contributed by atoms with E-state index in [0.29, 0.717) is 11.8 Å². The average molecular weight is 247 g/mol. The molecule has 0 unspecified atom stereocenters. The molecule has 13 heavy (non-hydrogen) atoms. The SMILES string of the molecule is O=C1O[C@@H]2[C@H](Br)[C@H]3C[C@H]2[C@H]1[C@H]3CO. The molecular formula is C9H11BrO3. The smallest absolute Gasteiger partial charge is 0.310 e. The zero-order valence-corrected chi connectivity index (χ0v) is 8.61. The molecule has 6 atom stereocenters. The highest BCUT2D eigenvalue weighted by Gasteiger charge is 2.65. The number of fused-ring (bicyclic) bond motifs is 1. The number of carbonyl (C=O) groups is 1. The highest BCUT2D eigenvalue weighted by atomic mass is 79.9. The molecule has 2 bridgehead atoms. The van der Waals surface area contributed by atoms with E-state index in [-0.39, 0.29) is 35.3 Å². The molecule has 4 heteroatoms. The van der Waals surface area contributed by atoms with Crippen molar-refractivity contribution in [2.45, 2.75) is 17.4 Å². The molecule has 0 amide bonds. The fraction of sp³-hybridized carbons (Fsp3) is 0.889. The molecule has 0 aromatic rings. The Hall–Kier alpha value is -0.0900. The Labute approximate surface area is 84.6 Å². The number of aliphatic hydroxyl groups excluding tert-OH is 1. The number of ether oxygens (including phenoxy) is 1. The fourth-order valence-corrected chi connectivity index (χ4v) is 4.48. The van der Waals surface area contributed by atoms with E-state index in [0.717, 1.165) is 6.42 Å². The summed E-state index contributed by atoms with van der Waals surface area (Å²) in [4.78, 5) is 11.7. The Balaban J connectivity index is 2.01. The van der Waals surface area contributed by atoms with Gasteiger partial charge in [0.2, 0.25) is 0 Å². The summed E-state index contributed by atoms with van der Waals surface area (Å²) in [6.07, 6.45) is 1.13. The standard InChI is InChI=1S/C9H11BrO3/c10-7-3-1-4-6(5(3)2-11)9(12)13-8(4)7/h3-8,11H,1-2H2/t3-,4-,5-,6-,7+,8-/m0/s1. The first-order valence-electron chi connectivity index (χ1n) is 4.69. The number of carbonyl (C=O) groups excluding carboxylic acids is 1. The molecule has 1 N–H and O–H groups in total. The molecule has 2 aliphatic carbocycles. The molecule has 1 heterocycles. The van der Waals surface area contributed by atoms with Gasteiger partial charge in [0.05, 0.1) is 10.7 Å². The molecule has 0 aromatic carbocycles. The summed E-state index contributed by atoms with van der Waals surface area (Å²) in [6.45, 7) is 0.121. The van der Waals surface area contributed by atoms with Crippen molar-refractivity contribution in [1.29, 1.82) is 0 Å². The monoisotopic (exact) mass is 246 g/mol. The van der Waals surface area contributed by atoms with E-state index in [1.54, 1.807) is 0 Å². The van der Waals surface area contributed by atoms with Crippen molar-refractivity contribution in [2.24, 2.45) is 23.7 Å². The normalized spacial score (nSPS) is 57.2. The second-order valence-electron chi connectivity index (χ2n) is 4.28. The molecule has 1 aliphatic heterocycles. The Morgan fingerprint density at radius 1 is 1.54 bits per heavy atom. The van der Waals surface area contributed by atoms with Crippen LogP contribution in [0.4, 0.5) is 0 Å². The predicted octanol–water partition coefficient (Wildman–Crippen LogP) is 0.550. The summed E-state index contributed by atoms with van der Waals surface area (Å²) in [5, 5.41) is 9.22. The Bertz CT molecular complexity index is 268. The lowest BCUT2D eigenvalue weighted by molar-refractivity contribution is -0.144. The van der Waals surface area contributed by atoms with Crippen LogP contribution in [-0.4, -0.2) is 28.6 Å². The van der Waals surface area contributed by atoms with Crippen LogP contribution in [0.15, 0.2) is 0 Å². The summed E-state index contributed by atoms with van der Waals surface area (Å²) in [6, 6.07) is 0. The van der Waals surface area contributed by atoms with Crippen molar-refractivity contribution in [3.05, 3.63) is 0 Å². The van der Waals surface area contributed by atoms with Crippen molar-refractivity contribution in [2.75, 3.05) is 6.61 Å². The van der Waals surface area contributed by atoms with E-state index in [9.17, 15) is 9.90 Å². The minimum atomic E-state index is -0.0847. The van der Waals surface area contributed by atoms with Crippen LogP contribution in [0.2, 0.25) is 0 Å². The van der Waals surface area contributed by atoms with Crippen molar-refractivity contribution < 1.29 is 14.6 Å². The van der Waals surface area contributed by atoms with Gasteiger partial charge in [-0.3, -0.25) is 4.79 Å². The van der Waals surface area contributed by atoms with Crippen molar-refractivity contribution in [1.82, 2.24) is 0 Å². The maximum absolute atomic E-state index is 11.5. The average Bonchev–Trinajstić information content (AvgIpc) is 2.68. The number of alkyl halides is 1. The van der Waals surface area contributed by atoms with Gasteiger partial charge in [-0.1, -0.05) is 15.9 Å². The van der Waals surface area contributed by atoms with Gasteiger partial charge in [0, 0.05) is 12.5 Å².